The summed E-state index contributed by atoms with van der Waals surface area (Å²) in [5.41, 5.74) is 2.33. The first-order valence-electron chi connectivity index (χ1n) is 11.3. The van der Waals surface area contributed by atoms with Gasteiger partial charge in [-0.2, -0.15) is 0 Å². The SMILES string of the molecule is CC1(CO)COC(c2nc(-c3ccc(F)cc3)c(-c3ccnc(N4CCCCC4)n3)[nH]2)OC1. The zero-order valence-electron chi connectivity index (χ0n) is 18.6. The van der Waals surface area contributed by atoms with Crippen molar-refractivity contribution in [2.45, 2.75) is 32.5 Å². The normalized spacial score (nSPS) is 23.6. The molecule has 9 heteroatoms. The predicted molar refractivity (Wildman–Crippen MR) is 121 cm³/mol. The fraction of sp³-hybridized carbons (Fsp3) is 0.458. The number of imidazole rings is 1. The van der Waals surface area contributed by atoms with Gasteiger partial charge >= 0.3 is 0 Å². The summed E-state index contributed by atoms with van der Waals surface area (Å²) in [4.78, 5) is 19.6. The highest BCUT2D eigenvalue weighted by Crippen LogP contribution is 2.35. The Morgan fingerprint density at radius 3 is 2.52 bits per heavy atom. The van der Waals surface area contributed by atoms with E-state index in [0.29, 0.717) is 42.1 Å². The van der Waals surface area contributed by atoms with Crippen LogP contribution in [0.25, 0.3) is 22.6 Å². The molecule has 0 aliphatic carbocycles. The third kappa shape index (κ3) is 4.62. The average Bonchev–Trinajstić information content (AvgIpc) is 3.31. The molecule has 174 valence electrons. The summed E-state index contributed by atoms with van der Waals surface area (Å²) in [7, 11) is 0. The molecule has 0 unspecified atom stereocenters. The third-order valence-corrected chi connectivity index (χ3v) is 6.15. The minimum atomic E-state index is -0.694. The number of aromatic amines is 1. The molecule has 0 bridgehead atoms. The van der Waals surface area contributed by atoms with E-state index in [9.17, 15) is 9.50 Å². The second-order valence-electron chi connectivity index (χ2n) is 9.06. The quantitative estimate of drug-likeness (QED) is 0.608. The van der Waals surface area contributed by atoms with Gasteiger partial charge < -0.3 is 24.5 Å². The van der Waals surface area contributed by atoms with E-state index in [-0.39, 0.29) is 12.4 Å². The number of aliphatic hydroxyl groups excluding tert-OH is 1. The largest absolute Gasteiger partial charge is 0.396 e. The summed E-state index contributed by atoms with van der Waals surface area (Å²) in [6.07, 6.45) is 4.55. The highest BCUT2D eigenvalue weighted by Gasteiger charge is 2.34. The van der Waals surface area contributed by atoms with Crippen LogP contribution < -0.4 is 4.90 Å². The van der Waals surface area contributed by atoms with Crippen molar-refractivity contribution in [1.29, 1.82) is 0 Å². The Morgan fingerprint density at radius 2 is 1.82 bits per heavy atom. The number of hydrogen-bond acceptors (Lipinski definition) is 7. The number of aromatic nitrogens is 4. The molecule has 4 heterocycles. The van der Waals surface area contributed by atoms with Crippen molar-refractivity contribution in [2.75, 3.05) is 37.8 Å². The van der Waals surface area contributed by atoms with Crippen LogP contribution in [0.1, 0.15) is 38.3 Å². The molecule has 2 aliphatic rings. The van der Waals surface area contributed by atoms with Crippen LogP contribution >= 0.6 is 0 Å². The summed E-state index contributed by atoms with van der Waals surface area (Å²) in [6, 6.07) is 8.04. The number of H-pyrrole nitrogens is 1. The van der Waals surface area contributed by atoms with E-state index in [2.05, 4.69) is 14.9 Å². The number of piperidine rings is 1. The van der Waals surface area contributed by atoms with Crippen LogP contribution in [0.15, 0.2) is 36.5 Å². The lowest BCUT2D eigenvalue weighted by Crippen LogP contribution is -2.39. The Bertz CT molecular complexity index is 1090. The van der Waals surface area contributed by atoms with E-state index >= 15 is 0 Å². The van der Waals surface area contributed by atoms with Gasteiger partial charge in [0.05, 0.1) is 36.9 Å². The van der Waals surface area contributed by atoms with Gasteiger partial charge in [-0.15, -0.1) is 0 Å². The number of anilines is 1. The number of benzene rings is 1. The smallest absolute Gasteiger partial charge is 0.225 e. The van der Waals surface area contributed by atoms with Crippen molar-refractivity contribution in [2.24, 2.45) is 5.41 Å². The first-order valence-corrected chi connectivity index (χ1v) is 11.3. The van der Waals surface area contributed by atoms with E-state index in [1.54, 1.807) is 18.3 Å². The molecule has 0 radical (unpaired) electrons. The van der Waals surface area contributed by atoms with Gasteiger partial charge in [0.2, 0.25) is 12.2 Å². The van der Waals surface area contributed by atoms with Gasteiger partial charge in [0.1, 0.15) is 5.82 Å². The van der Waals surface area contributed by atoms with Crippen LogP contribution in [0.4, 0.5) is 10.3 Å². The van der Waals surface area contributed by atoms with Crippen molar-refractivity contribution in [3.05, 3.63) is 48.2 Å². The molecule has 2 N–H and O–H groups in total. The zero-order valence-corrected chi connectivity index (χ0v) is 18.6. The van der Waals surface area contributed by atoms with E-state index in [4.69, 9.17) is 19.4 Å². The molecule has 2 aromatic heterocycles. The van der Waals surface area contributed by atoms with Gasteiger partial charge in [0.15, 0.2) is 5.82 Å². The van der Waals surface area contributed by atoms with Gasteiger partial charge in [-0.05, 0) is 49.6 Å². The zero-order chi connectivity index (χ0) is 22.8. The fourth-order valence-electron chi connectivity index (χ4n) is 4.13. The molecule has 33 heavy (non-hydrogen) atoms. The minimum Gasteiger partial charge on any atom is -0.396 e. The Morgan fingerprint density at radius 1 is 1.09 bits per heavy atom. The number of nitrogens with one attached hydrogen (secondary N) is 1. The lowest BCUT2D eigenvalue weighted by molar-refractivity contribution is -0.239. The molecular formula is C24H28FN5O3. The highest BCUT2D eigenvalue weighted by atomic mass is 19.1. The molecule has 2 aliphatic heterocycles. The Kier molecular flexibility index (Phi) is 6.09. The lowest BCUT2D eigenvalue weighted by atomic mass is 9.94. The van der Waals surface area contributed by atoms with Crippen molar-refractivity contribution < 1.29 is 19.0 Å². The predicted octanol–water partition coefficient (Wildman–Crippen LogP) is 3.71. The van der Waals surface area contributed by atoms with Crippen LogP contribution in [0.3, 0.4) is 0 Å². The molecule has 2 fully saturated rings. The number of nitrogens with zero attached hydrogens (tertiary/aromatic N) is 4. The van der Waals surface area contributed by atoms with Crippen molar-refractivity contribution in [1.82, 2.24) is 19.9 Å². The van der Waals surface area contributed by atoms with Crippen molar-refractivity contribution >= 4 is 5.95 Å². The molecule has 3 aromatic rings. The lowest BCUT2D eigenvalue weighted by Gasteiger charge is -2.35. The maximum absolute atomic E-state index is 13.6. The van der Waals surface area contributed by atoms with Gasteiger partial charge in [0.25, 0.3) is 0 Å². The third-order valence-electron chi connectivity index (χ3n) is 6.15. The van der Waals surface area contributed by atoms with E-state index < -0.39 is 11.7 Å². The first kappa shape index (κ1) is 21.9. The van der Waals surface area contributed by atoms with Gasteiger partial charge in [-0.3, -0.25) is 0 Å². The summed E-state index contributed by atoms with van der Waals surface area (Å²) in [5, 5.41) is 9.58. The minimum absolute atomic E-state index is 0.0236. The second-order valence-corrected chi connectivity index (χ2v) is 9.06. The first-order chi connectivity index (χ1) is 16.0. The second kappa shape index (κ2) is 9.17. The number of hydrogen-bond donors (Lipinski definition) is 2. The van der Waals surface area contributed by atoms with E-state index in [0.717, 1.165) is 31.5 Å². The molecule has 1 aromatic carbocycles. The number of halogens is 1. The van der Waals surface area contributed by atoms with E-state index in [1.165, 1.54) is 18.6 Å². The standard InChI is InChI=1S/C24H28FN5O3/c1-24(13-31)14-32-22(33-15-24)21-28-19(16-5-7-17(25)8-6-16)20(29-21)18-9-10-26-23(27-18)30-11-3-2-4-12-30/h5-10,22,31H,2-4,11-15H2,1H3,(H,28,29). The summed E-state index contributed by atoms with van der Waals surface area (Å²) in [5.74, 6) is 0.882. The van der Waals surface area contributed by atoms with Crippen LogP contribution in [0.5, 0.6) is 0 Å². The maximum Gasteiger partial charge on any atom is 0.225 e. The Hall–Kier alpha value is -2.88. The van der Waals surface area contributed by atoms with Crippen LogP contribution in [-0.4, -0.2) is 58.0 Å². The van der Waals surface area contributed by atoms with Crippen LogP contribution in [-0.2, 0) is 9.47 Å². The van der Waals surface area contributed by atoms with E-state index in [1.807, 2.05) is 13.0 Å². The molecular weight excluding hydrogens is 425 g/mol. The molecule has 5 rings (SSSR count). The highest BCUT2D eigenvalue weighted by molar-refractivity contribution is 5.77. The number of aliphatic hydroxyl groups is 1. The summed E-state index contributed by atoms with van der Waals surface area (Å²) < 4.78 is 25.3. The molecule has 0 saturated carbocycles. The number of ether oxygens (including phenoxy) is 2. The average molecular weight is 454 g/mol. The van der Waals surface area contributed by atoms with Gasteiger partial charge in [-0.1, -0.05) is 6.92 Å². The molecule has 2 saturated heterocycles. The monoisotopic (exact) mass is 453 g/mol. The number of rotatable bonds is 5. The van der Waals surface area contributed by atoms with Crippen LogP contribution in [0.2, 0.25) is 0 Å². The summed E-state index contributed by atoms with van der Waals surface area (Å²) in [6.45, 7) is 4.46. The Balaban J connectivity index is 1.51. The molecule has 0 amide bonds. The Labute approximate surface area is 191 Å². The van der Waals surface area contributed by atoms with Gasteiger partial charge in [0, 0.05) is 30.3 Å². The van der Waals surface area contributed by atoms with Crippen molar-refractivity contribution in [3.8, 4) is 22.6 Å². The van der Waals surface area contributed by atoms with Crippen LogP contribution in [0, 0.1) is 11.2 Å². The van der Waals surface area contributed by atoms with Crippen molar-refractivity contribution in [3.63, 3.8) is 0 Å². The fourth-order valence-corrected chi connectivity index (χ4v) is 4.13. The maximum atomic E-state index is 13.6. The summed E-state index contributed by atoms with van der Waals surface area (Å²) >= 11 is 0. The topological polar surface area (TPSA) is 96.4 Å². The molecule has 8 nitrogen and oxygen atoms in total. The molecule has 0 atom stereocenters. The molecule has 0 spiro atoms. The van der Waals surface area contributed by atoms with Gasteiger partial charge in [-0.25, -0.2) is 19.3 Å².